The number of carbonyl (C=O) groups is 1. The Bertz CT molecular complexity index is 807. The number of aliphatic imine (C=N–C) groups is 1. The fraction of sp³-hybridized carbons (Fsp3) is 0.526. The summed E-state index contributed by atoms with van der Waals surface area (Å²) >= 11 is 0. The second-order valence-electron chi connectivity index (χ2n) is 7.13. The highest BCUT2D eigenvalue weighted by molar-refractivity contribution is 5.85. The number of hydrogen-bond donors (Lipinski definition) is 1. The van der Waals surface area contributed by atoms with Crippen LogP contribution in [-0.4, -0.2) is 54.3 Å². The van der Waals surface area contributed by atoms with Crippen LogP contribution in [0.1, 0.15) is 32.1 Å². The molecule has 0 saturated heterocycles. The molecule has 0 bridgehead atoms. The third-order valence-electron chi connectivity index (χ3n) is 5.47. The number of carbonyl (C=O) groups excluding carboxylic acids is 1. The fourth-order valence-electron chi connectivity index (χ4n) is 3.90. The Hall–Kier alpha value is -2.57. The van der Waals surface area contributed by atoms with Crippen LogP contribution >= 0.6 is 0 Å². The van der Waals surface area contributed by atoms with E-state index >= 15 is 0 Å². The van der Waals surface area contributed by atoms with Gasteiger partial charge in [-0.05, 0) is 12.8 Å². The molecule has 1 N–H and O–H groups in total. The van der Waals surface area contributed by atoms with Gasteiger partial charge in [-0.2, -0.15) is 0 Å². The number of pyridine rings is 1. The van der Waals surface area contributed by atoms with Crippen molar-refractivity contribution < 1.29 is 9.53 Å². The van der Waals surface area contributed by atoms with E-state index in [1.54, 1.807) is 11.1 Å². The Kier molecular flexibility index (Phi) is 4.53. The van der Waals surface area contributed by atoms with Crippen molar-refractivity contribution in [3.63, 3.8) is 0 Å². The minimum Gasteiger partial charge on any atom is -0.469 e. The number of H-pyrrole nitrogens is 1. The number of aromatic amines is 1. The molecule has 1 atom stereocenters. The molecule has 1 saturated carbocycles. The molecule has 1 aliphatic carbocycles. The van der Waals surface area contributed by atoms with Gasteiger partial charge in [-0.1, -0.05) is 31.4 Å². The van der Waals surface area contributed by atoms with E-state index < -0.39 is 0 Å². The van der Waals surface area contributed by atoms with E-state index in [1.165, 1.54) is 25.3 Å². The maximum Gasteiger partial charge on any atom is 0.260 e. The van der Waals surface area contributed by atoms with Crippen molar-refractivity contribution in [3.05, 3.63) is 28.4 Å². The van der Waals surface area contributed by atoms with E-state index in [9.17, 15) is 9.59 Å². The first kappa shape index (κ1) is 16.9. The Balaban J connectivity index is 1.45. The molecule has 1 aromatic rings. The van der Waals surface area contributed by atoms with Crippen LogP contribution in [-0.2, 0) is 4.79 Å². The van der Waals surface area contributed by atoms with Gasteiger partial charge >= 0.3 is 0 Å². The molecule has 0 spiro atoms. The molecule has 3 aliphatic rings. The summed E-state index contributed by atoms with van der Waals surface area (Å²) in [6.07, 6.45) is 11.6. The first-order valence-corrected chi connectivity index (χ1v) is 9.27. The van der Waals surface area contributed by atoms with Crippen molar-refractivity contribution >= 4 is 23.6 Å². The number of fused-ring (bicyclic) bond motifs is 3. The SMILES string of the molecule is CN(C(=O)COc1cc(=O)c2c([nH]1)N1CC=CC1C=N2)C1CCCCC1. The van der Waals surface area contributed by atoms with E-state index in [0.29, 0.717) is 30.0 Å². The summed E-state index contributed by atoms with van der Waals surface area (Å²) in [7, 11) is 1.84. The zero-order chi connectivity index (χ0) is 18.1. The quantitative estimate of drug-likeness (QED) is 0.837. The van der Waals surface area contributed by atoms with Gasteiger partial charge in [-0.25, -0.2) is 0 Å². The average molecular weight is 356 g/mol. The highest BCUT2D eigenvalue weighted by Gasteiger charge is 2.27. The van der Waals surface area contributed by atoms with Crippen molar-refractivity contribution in [2.75, 3.05) is 25.1 Å². The van der Waals surface area contributed by atoms with Gasteiger partial charge < -0.3 is 19.5 Å². The predicted molar refractivity (Wildman–Crippen MR) is 101 cm³/mol. The van der Waals surface area contributed by atoms with Crippen molar-refractivity contribution in [3.8, 4) is 5.88 Å². The van der Waals surface area contributed by atoms with Crippen LogP contribution in [0, 0.1) is 0 Å². The summed E-state index contributed by atoms with van der Waals surface area (Å²) in [5.74, 6) is 0.897. The number of amides is 1. The van der Waals surface area contributed by atoms with Gasteiger partial charge in [-0.15, -0.1) is 0 Å². The lowest BCUT2D eigenvalue weighted by Gasteiger charge is -2.31. The average Bonchev–Trinajstić information content (AvgIpc) is 3.15. The molecule has 26 heavy (non-hydrogen) atoms. The molecule has 0 aromatic carbocycles. The maximum absolute atomic E-state index is 12.4. The zero-order valence-electron chi connectivity index (χ0n) is 15.0. The highest BCUT2D eigenvalue weighted by Crippen LogP contribution is 2.32. The third kappa shape index (κ3) is 3.13. The monoisotopic (exact) mass is 356 g/mol. The summed E-state index contributed by atoms with van der Waals surface area (Å²) in [5.41, 5.74) is 0.186. The van der Waals surface area contributed by atoms with Gasteiger partial charge in [0.25, 0.3) is 5.91 Å². The Morgan fingerprint density at radius 2 is 2.19 bits per heavy atom. The minimum absolute atomic E-state index is 0.0609. The zero-order valence-corrected chi connectivity index (χ0v) is 15.0. The molecule has 2 aliphatic heterocycles. The number of rotatable bonds is 4. The summed E-state index contributed by atoms with van der Waals surface area (Å²) in [5, 5.41) is 0. The van der Waals surface area contributed by atoms with Crippen LogP contribution in [0.4, 0.5) is 11.5 Å². The van der Waals surface area contributed by atoms with Gasteiger partial charge in [-0.3, -0.25) is 14.6 Å². The first-order valence-electron chi connectivity index (χ1n) is 9.27. The van der Waals surface area contributed by atoms with Gasteiger partial charge in [0.05, 0.1) is 6.04 Å². The molecule has 1 unspecified atom stereocenters. The fourth-order valence-corrected chi connectivity index (χ4v) is 3.90. The summed E-state index contributed by atoms with van der Waals surface area (Å²) in [6, 6.07) is 1.73. The summed E-state index contributed by atoms with van der Waals surface area (Å²) in [6.45, 7) is 0.638. The molecule has 1 fully saturated rings. The molecule has 1 amide bonds. The van der Waals surface area contributed by atoms with Crippen molar-refractivity contribution in [2.45, 2.75) is 44.2 Å². The summed E-state index contributed by atoms with van der Waals surface area (Å²) < 4.78 is 5.63. The van der Waals surface area contributed by atoms with Crippen LogP contribution in [0.2, 0.25) is 0 Å². The van der Waals surface area contributed by atoms with Crippen LogP contribution < -0.4 is 15.1 Å². The molecule has 4 rings (SSSR count). The number of nitrogens with zero attached hydrogens (tertiary/aromatic N) is 3. The Labute approximate surface area is 152 Å². The highest BCUT2D eigenvalue weighted by atomic mass is 16.5. The summed E-state index contributed by atoms with van der Waals surface area (Å²) in [4.78, 5) is 36.0. The third-order valence-corrected chi connectivity index (χ3v) is 5.47. The molecule has 0 radical (unpaired) electrons. The van der Waals surface area contributed by atoms with Crippen LogP contribution in [0.3, 0.4) is 0 Å². The van der Waals surface area contributed by atoms with Crippen molar-refractivity contribution in [2.24, 2.45) is 4.99 Å². The first-order chi connectivity index (χ1) is 12.6. The van der Waals surface area contributed by atoms with Crippen LogP contribution in [0.5, 0.6) is 5.88 Å². The molecular formula is C19H24N4O3. The standard InChI is InChI=1S/C19H24N4O3/c1-22(13-6-3-2-4-7-13)17(25)12-26-16-10-15(24)18-19(21-16)23-9-5-8-14(23)11-20-18/h5,8,10-11,13-14H,2-4,6-7,9,12H2,1H3,(H,21,24). The van der Waals surface area contributed by atoms with Gasteiger partial charge in [0, 0.05) is 31.9 Å². The van der Waals surface area contributed by atoms with E-state index in [4.69, 9.17) is 4.74 Å². The normalized spacial score (nSPS) is 21.4. The van der Waals surface area contributed by atoms with Crippen molar-refractivity contribution in [1.29, 1.82) is 0 Å². The molecule has 1 aromatic heterocycles. The largest absolute Gasteiger partial charge is 0.469 e. The second kappa shape index (κ2) is 6.97. The molecular weight excluding hydrogens is 332 g/mol. The minimum atomic E-state index is -0.205. The number of likely N-dealkylation sites (N-methyl/N-ethyl adjacent to an activating group) is 1. The van der Waals surface area contributed by atoms with Gasteiger partial charge in [0.1, 0.15) is 5.82 Å². The molecule has 7 nitrogen and oxygen atoms in total. The lowest BCUT2D eigenvalue weighted by Crippen LogP contribution is -2.41. The lowest BCUT2D eigenvalue weighted by molar-refractivity contribution is -0.134. The second-order valence-corrected chi connectivity index (χ2v) is 7.13. The topological polar surface area (TPSA) is 78.0 Å². The van der Waals surface area contributed by atoms with Gasteiger partial charge in [0.15, 0.2) is 18.2 Å². The van der Waals surface area contributed by atoms with E-state index in [-0.39, 0.29) is 24.0 Å². The lowest BCUT2D eigenvalue weighted by atomic mass is 9.94. The maximum atomic E-state index is 12.4. The number of nitrogens with one attached hydrogen (secondary N) is 1. The Morgan fingerprint density at radius 3 is 3.00 bits per heavy atom. The number of anilines is 1. The molecule has 138 valence electrons. The number of aromatic nitrogens is 1. The number of ether oxygens (including phenoxy) is 1. The van der Waals surface area contributed by atoms with E-state index in [0.717, 1.165) is 12.8 Å². The van der Waals surface area contributed by atoms with Crippen LogP contribution in [0.15, 0.2) is 28.0 Å². The van der Waals surface area contributed by atoms with Crippen LogP contribution in [0.25, 0.3) is 0 Å². The molecule has 3 heterocycles. The Morgan fingerprint density at radius 1 is 1.38 bits per heavy atom. The smallest absolute Gasteiger partial charge is 0.260 e. The number of hydrogen-bond acceptors (Lipinski definition) is 5. The van der Waals surface area contributed by atoms with Gasteiger partial charge in [0.2, 0.25) is 5.43 Å². The predicted octanol–water partition coefficient (Wildman–Crippen LogP) is 2.01. The van der Waals surface area contributed by atoms with E-state index in [2.05, 4.69) is 9.98 Å². The van der Waals surface area contributed by atoms with Crippen molar-refractivity contribution in [1.82, 2.24) is 9.88 Å². The molecule has 7 heteroatoms. The van der Waals surface area contributed by atoms with E-state index in [1.807, 2.05) is 24.1 Å².